The summed E-state index contributed by atoms with van der Waals surface area (Å²) >= 11 is 0. The van der Waals surface area contributed by atoms with Gasteiger partial charge in [-0.05, 0) is 0 Å². The van der Waals surface area contributed by atoms with Crippen LogP contribution in [0.1, 0.15) is 16.7 Å². The van der Waals surface area contributed by atoms with Crippen molar-refractivity contribution in [3.63, 3.8) is 0 Å². The van der Waals surface area contributed by atoms with E-state index in [4.69, 9.17) is 13.6 Å². The molecule has 0 aliphatic carbocycles. The summed E-state index contributed by atoms with van der Waals surface area (Å²) in [5.41, 5.74) is 3.42. The van der Waals surface area contributed by atoms with E-state index in [-0.39, 0.29) is 0 Å². The molecule has 6 rings (SSSR count). The minimum Gasteiger partial charge on any atom is -0.418 e. The van der Waals surface area contributed by atoms with Crippen LogP contribution < -0.4 is 4.90 Å². The SMILES string of the molecule is F[B-](F)(F)F.c1ccc(C(c2ccccc2)(c2ccccc2)[P+]23OCC[NH+](CCO2)CCO3)cc1. The molecule has 0 saturated carbocycles. The number of fused-ring (bicyclic) bond motifs is 6. The van der Waals surface area contributed by atoms with Gasteiger partial charge in [-0.25, -0.2) is 0 Å². The topological polar surface area (TPSA) is 32.1 Å². The van der Waals surface area contributed by atoms with Crippen LogP contribution >= 0.6 is 7.94 Å². The number of rotatable bonds is 4. The molecular formula is C25H28BF4NO3P+. The minimum atomic E-state index is -6.00. The Morgan fingerprint density at radius 3 is 1.14 bits per heavy atom. The monoisotopic (exact) mass is 508 g/mol. The lowest BCUT2D eigenvalue weighted by Crippen LogP contribution is -3.14. The highest BCUT2D eigenvalue weighted by atomic mass is 31.2. The van der Waals surface area contributed by atoms with E-state index in [9.17, 15) is 17.3 Å². The summed E-state index contributed by atoms with van der Waals surface area (Å²) in [5, 5.41) is -0.661. The van der Waals surface area contributed by atoms with Crippen LogP contribution in [-0.2, 0) is 18.7 Å². The van der Waals surface area contributed by atoms with Gasteiger partial charge in [0.25, 0.3) is 0 Å². The van der Waals surface area contributed by atoms with Gasteiger partial charge in [0, 0.05) is 16.7 Å². The lowest BCUT2D eigenvalue weighted by Gasteiger charge is -2.42. The Bertz CT molecular complexity index is 931. The van der Waals surface area contributed by atoms with E-state index in [0.717, 1.165) is 36.3 Å². The van der Waals surface area contributed by atoms with Gasteiger partial charge in [-0.15, -0.1) is 0 Å². The number of hydrogen-bond acceptors (Lipinski definition) is 3. The number of nitrogens with one attached hydrogen (secondary N) is 1. The quantitative estimate of drug-likeness (QED) is 0.233. The number of benzene rings is 3. The molecule has 0 atom stereocenters. The molecule has 186 valence electrons. The van der Waals surface area contributed by atoms with Gasteiger partial charge in [0.1, 0.15) is 39.5 Å². The molecule has 3 fully saturated rings. The molecule has 35 heavy (non-hydrogen) atoms. The van der Waals surface area contributed by atoms with Gasteiger partial charge in [-0.3, -0.25) is 0 Å². The molecule has 0 radical (unpaired) electrons. The molecule has 3 saturated heterocycles. The molecule has 1 N–H and O–H groups in total. The Hall–Kier alpha value is -2.29. The summed E-state index contributed by atoms with van der Waals surface area (Å²) < 4.78 is 59.1. The Balaban J connectivity index is 0.000000527. The van der Waals surface area contributed by atoms with E-state index in [2.05, 4.69) is 91.0 Å². The second-order valence-electron chi connectivity index (χ2n) is 8.30. The maximum atomic E-state index is 9.75. The van der Waals surface area contributed by atoms with Crippen molar-refractivity contribution in [3.05, 3.63) is 108 Å². The van der Waals surface area contributed by atoms with Gasteiger partial charge >= 0.3 is 15.2 Å². The summed E-state index contributed by atoms with van der Waals surface area (Å²) in [4.78, 5) is 1.48. The molecule has 3 heterocycles. The Labute approximate surface area is 203 Å². The van der Waals surface area contributed by atoms with Crippen LogP contribution in [0, 0.1) is 0 Å². The lowest BCUT2D eigenvalue weighted by atomic mass is 9.84. The lowest BCUT2D eigenvalue weighted by molar-refractivity contribution is -0.902. The molecule has 10 heteroatoms. The van der Waals surface area contributed by atoms with Gasteiger partial charge in [-0.2, -0.15) is 13.6 Å². The highest BCUT2D eigenvalue weighted by molar-refractivity contribution is 7.63. The highest BCUT2D eigenvalue weighted by Gasteiger charge is 2.70. The average molecular weight is 508 g/mol. The third kappa shape index (κ3) is 5.76. The maximum absolute atomic E-state index is 9.75. The largest absolute Gasteiger partial charge is 0.673 e. The fourth-order valence-electron chi connectivity index (χ4n) is 4.72. The second-order valence-corrected chi connectivity index (χ2v) is 10.7. The van der Waals surface area contributed by atoms with Crippen molar-refractivity contribution >= 4 is 15.2 Å². The molecule has 0 aromatic heterocycles. The van der Waals surface area contributed by atoms with E-state index in [1.165, 1.54) is 4.90 Å². The summed E-state index contributed by atoms with van der Waals surface area (Å²) in [6, 6.07) is 31.8. The third-order valence-electron chi connectivity index (χ3n) is 6.14. The van der Waals surface area contributed by atoms with Crippen LogP contribution in [0.4, 0.5) is 17.3 Å². The van der Waals surface area contributed by atoms with E-state index >= 15 is 0 Å². The Morgan fingerprint density at radius 2 is 0.857 bits per heavy atom. The van der Waals surface area contributed by atoms with Crippen LogP contribution in [0.5, 0.6) is 0 Å². The number of hydrogen-bond donors (Lipinski definition) is 1. The first kappa shape index (κ1) is 25.8. The second kappa shape index (κ2) is 11.2. The first-order valence-corrected chi connectivity index (χ1v) is 13.1. The molecule has 3 aromatic carbocycles. The smallest absolute Gasteiger partial charge is 0.418 e. The van der Waals surface area contributed by atoms with Gasteiger partial charge < -0.3 is 22.2 Å². The molecule has 0 unspecified atom stereocenters. The molecule has 3 aliphatic heterocycles. The van der Waals surface area contributed by atoms with Crippen molar-refractivity contribution in [3.8, 4) is 0 Å². The fraction of sp³-hybridized carbons (Fsp3) is 0.280. The summed E-state index contributed by atoms with van der Waals surface area (Å²) in [7, 11) is -8.84. The van der Waals surface area contributed by atoms with Crippen molar-refractivity contribution in [1.82, 2.24) is 0 Å². The zero-order valence-corrected chi connectivity index (χ0v) is 20.1. The third-order valence-corrected chi connectivity index (χ3v) is 9.30. The number of halogens is 4. The van der Waals surface area contributed by atoms with Crippen LogP contribution in [0.3, 0.4) is 0 Å². The predicted octanol–water partition coefficient (Wildman–Crippen LogP) is 5.00. The van der Waals surface area contributed by atoms with Crippen LogP contribution in [0.25, 0.3) is 0 Å². The van der Waals surface area contributed by atoms with E-state index in [0.29, 0.717) is 19.8 Å². The highest BCUT2D eigenvalue weighted by Crippen LogP contribution is 2.79. The normalized spacial score (nSPS) is 22.8. The summed E-state index contributed by atoms with van der Waals surface area (Å²) in [5.74, 6) is 0. The zero-order chi connectivity index (χ0) is 24.8. The van der Waals surface area contributed by atoms with E-state index in [1.807, 2.05) is 0 Å². The molecular weight excluding hydrogens is 480 g/mol. The van der Waals surface area contributed by atoms with Crippen LogP contribution in [0.15, 0.2) is 91.0 Å². The van der Waals surface area contributed by atoms with Crippen molar-refractivity contribution in [2.24, 2.45) is 0 Å². The summed E-state index contributed by atoms with van der Waals surface area (Å²) in [6.45, 7) is 4.88. The van der Waals surface area contributed by atoms with Gasteiger partial charge in [0.15, 0.2) is 0 Å². The predicted molar refractivity (Wildman–Crippen MR) is 130 cm³/mol. The standard InChI is InChI=1S/C25H27NO3P.BF4/c1-4-10-22(11-5-1)25(23-12-6-2-7-13-23,24-14-8-3-9-15-24)30-27-19-16-26(17-20-28-30)18-21-29-30;2-1(3,4)5/h1-15H,16-21H2;/q+1;-1/p+1. The summed E-state index contributed by atoms with van der Waals surface area (Å²) in [6.07, 6.45) is 0. The minimum absolute atomic E-state index is 0.636. The average Bonchev–Trinajstić information content (AvgIpc) is 2.81. The van der Waals surface area contributed by atoms with Crippen molar-refractivity contribution in [2.45, 2.75) is 5.16 Å². The first-order valence-electron chi connectivity index (χ1n) is 11.6. The first-order chi connectivity index (χ1) is 16.9. The zero-order valence-electron chi connectivity index (χ0n) is 19.2. The van der Waals surface area contributed by atoms with Crippen molar-refractivity contribution in [1.29, 1.82) is 0 Å². The van der Waals surface area contributed by atoms with E-state index in [1.54, 1.807) is 0 Å². The Morgan fingerprint density at radius 1 is 0.571 bits per heavy atom. The van der Waals surface area contributed by atoms with Gasteiger partial charge in [0.2, 0.25) is 5.16 Å². The Kier molecular flexibility index (Phi) is 8.25. The molecule has 0 spiro atoms. The number of quaternary nitrogens is 1. The molecule has 3 aromatic rings. The fourth-order valence-corrected chi connectivity index (χ4v) is 7.92. The molecule has 2 bridgehead atoms. The van der Waals surface area contributed by atoms with Crippen LogP contribution in [0.2, 0.25) is 0 Å². The van der Waals surface area contributed by atoms with Crippen molar-refractivity contribution < 1.29 is 35.7 Å². The molecule has 4 nitrogen and oxygen atoms in total. The maximum Gasteiger partial charge on any atom is 0.673 e. The van der Waals surface area contributed by atoms with Gasteiger partial charge in [-0.1, -0.05) is 91.0 Å². The van der Waals surface area contributed by atoms with Gasteiger partial charge in [0.05, 0.1) is 0 Å². The van der Waals surface area contributed by atoms with Crippen molar-refractivity contribution in [2.75, 3.05) is 39.5 Å². The molecule has 3 aliphatic rings. The van der Waals surface area contributed by atoms with E-state index < -0.39 is 20.4 Å². The van der Waals surface area contributed by atoms with Crippen LogP contribution in [-0.4, -0.2) is 46.7 Å². The molecule has 0 amide bonds.